The van der Waals surface area contributed by atoms with Crippen LogP contribution in [0, 0.1) is 5.82 Å². The van der Waals surface area contributed by atoms with Crippen LogP contribution in [0.5, 0.6) is 0 Å². The summed E-state index contributed by atoms with van der Waals surface area (Å²) in [4.78, 5) is 0. The van der Waals surface area contributed by atoms with E-state index in [4.69, 9.17) is 0 Å². The van der Waals surface area contributed by atoms with Crippen molar-refractivity contribution in [1.29, 1.82) is 0 Å². The first-order chi connectivity index (χ1) is 6.31. The number of hydrogen-bond acceptors (Lipinski definition) is 0. The van der Waals surface area contributed by atoms with Crippen molar-refractivity contribution in [1.82, 2.24) is 4.57 Å². The van der Waals surface area contributed by atoms with Crippen molar-refractivity contribution in [3.05, 3.63) is 48.9 Å². The number of allylic oxidation sites excluding steroid dienone is 1. The van der Waals surface area contributed by atoms with Gasteiger partial charge in [0.15, 0.2) is 0 Å². The number of nitrogens with zero attached hydrogens (tertiary/aromatic N) is 1. The third kappa shape index (κ3) is 1.35. The van der Waals surface area contributed by atoms with Crippen LogP contribution in [0.3, 0.4) is 0 Å². The number of hydrogen-bond donors (Lipinski definition) is 0. The number of fused-ring (bicyclic) bond motifs is 1. The smallest absolute Gasteiger partial charge is 0.125 e. The van der Waals surface area contributed by atoms with Gasteiger partial charge in [-0.3, -0.25) is 0 Å². The lowest BCUT2D eigenvalue weighted by atomic mass is 10.2. The summed E-state index contributed by atoms with van der Waals surface area (Å²) < 4.78 is 14.9. The molecular weight excluding hydrogens is 165 g/mol. The Morgan fingerprint density at radius 3 is 3.00 bits per heavy atom. The maximum atomic E-state index is 12.9. The van der Waals surface area contributed by atoms with Gasteiger partial charge in [-0.25, -0.2) is 4.39 Å². The van der Waals surface area contributed by atoms with Gasteiger partial charge >= 0.3 is 0 Å². The molecule has 1 aromatic carbocycles. The van der Waals surface area contributed by atoms with E-state index in [1.165, 1.54) is 6.07 Å². The monoisotopic (exact) mass is 175 g/mol. The van der Waals surface area contributed by atoms with E-state index in [0.717, 1.165) is 10.9 Å². The highest BCUT2D eigenvalue weighted by Crippen LogP contribution is 2.16. The molecule has 0 aliphatic heterocycles. The van der Waals surface area contributed by atoms with Gasteiger partial charge in [0.2, 0.25) is 0 Å². The Labute approximate surface area is 76.1 Å². The van der Waals surface area contributed by atoms with Crippen molar-refractivity contribution in [2.75, 3.05) is 0 Å². The molecule has 2 rings (SSSR count). The van der Waals surface area contributed by atoms with Gasteiger partial charge in [-0.2, -0.15) is 0 Å². The molecule has 0 N–H and O–H groups in total. The predicted octanol–water partition coefficient (Wildman–Crippen LogP) is 2.97. The Morgan fingerprint density at radius 1 is 1.38 bits per heavy atom. The van der Waals surface area contributed by atoms with E-state index in [0.29, 0.717) is 6.54 Å². The Morgan fingerprint density at radius 2 is 2.23 bits per heavy atom. The third-order valence-corrected chi connectivity index (χ3v) is 2.06. The maximum Gasteiger partial charge on any atom is 0.125 e. The van der Waals surface area contributed by atoms with Gasteiger partial charge in [0.05, 0.1) is 5.52 Å². The van der Waals surface area contributed by atoms with Gasteiger partial charge in [0.25, 0.3) is 0 Å². The molecule has 66 valence electrons. The van der Waals surface area contributed by atoms with Gasteiger partial charge in [-0.15, -0.1) is 6.58 Å². The zero-order valence-electron chi connectivity index (χ0n) is 7.20. The highest BCUT2D eigenvalue weighted by Gasteiger charge is 1.99. The second kappa shape index (κ2) is 3.05. The van der Waals surface area contributed by atoms with Gasteiger partial charge in [-0.05, 0) is 29.7 Å². The molecule has 0 bridgehead atoms. The molecular formula is C11H10FN. The molecule has 1 nitrogen and oxygen atoms in total. The van der Waals surface area contributed by atoms with Crippen molar-refractivity contribution in [3.8, 4) is 0 Å². The van der Waals surface area contributed by atoms with E-state index >= 15 is 0 Å². The summed E-state index contributed by atoms with van der Waals surface area (Å²) in [7, 11) is 0. The van der Waals surface area contributed by atoms with Crippen LogP contribution in [-0.4, -0.2) is 4.57 Å². The third-order valence-electron chi connectivity index (χ3n) is 2.06. The summed E-state index contributed by atoms with van der Waals surface area (Å²) >= 11 is 0. The van der Waals surface area contributed by atoms with Crippen LogP contribution in [0.25, 0.3) is 10.9 Å². The molecule has 0 unspecified atom stereocenters. The van der Waals surface area contributed by atoms with E-state index in [1.807, 2.05) is 16.8 Å². The standard InChI is InChI=1S/C11H10FN/c1-2-6-13-7-5-9-3-4-10(12)8-11(9)13/h2-5,7-8H,1,6H2. The predicted molar refractivity (Wildman–Crippen MR) is 52.1 cm³/mol. The van der Waals surface area contributed by atoms with Gasteiger partial charge in [0.1, 0.15) is 5.82 Å². The van der Waals surface area contributed by atoms with Gasteiger partial charge in [-0.1, -0.05) is 6.08 Å². The SMILES string of the molecule is C=CCn1ccc2ccc(F)cc21. The van der Waals surface area contributed by atoms with Crippen LogP contribution in [0.2, 0.25) is 0 Å². The van der Waals surface area contributed by atoms with E-state index in [-0.39, 0.29) is 5.82 Å². The number of rotatable bonds is 2. The number of aromatic nitrogens is 1. The molecule has 0 saturated carbocycles. The van der Waals surface area contributed by atoms with Crippen LogP contribution >= 0.6 is 0 Å². The second-order valence-electron chi connectivity index (χ2n) is 2.96. The molecule has 0 aliphatic carbocycles. The highest BCUT2D eigenvalue weighted by atomic mass is 19.1. The van der Waals surface area contributed by atoms with Crippen LogP contribution < -0.4 is 0 Å². The van der Waals surface area contributed by atoms with Crippen LogP contribution in [0.4, 0.5) is 4.39 Å². The Balaban J connectivity index is 2.64. The fraction of sp³-hybridized carbons (Fsp3) is 0.0909. The first kappa shape index (κ1) is 8.05. The Bertz CT molecular complexity index is 442. The second-order valence-corrected chi connectivity index (χ2v) is 2.96. The summed E-state index contributed by atoms with van der Waals surface area (Å²) in [5.41, 5.74) is 0.917. The zero-order valence-corrected chi connectivity index (χ0v) is 7.20. The average molecular weight is 175 g/mol. The normalized spacial score (nSPS) is 10.5. The molecule has 0 radical (unpaired) electrons. The largest absolute Gasteiger partial charge is 0.344 e. The van der Waals surface area contributed by atoms with Crippen LogP contribution in [0.1, 0.15) is 0 Å². The summed E-state index contributed by atoms with van der Waals surface area (Å²) in [5, 5.41) is 1.06. The molecule has 2 aromatic rings. The lowest BCUT2D eigenvalue weighted by Gasteiger charge is -2.00. The van der Waals surface area contributed by atoms with E-state index in [9.17, 15) is 4.39 Å². The van der Waals surface area contributed by atoms with Crippen LogP contribution in [0.15, 0.2) is 43.1 Å². The average Bonchev–Trinajstić information content (AvgIpc) is 2.49. The highest BCUT2D eigenvalue weighted by molar-refractivity contribution is 5.80. The molecule has 1 heterocycles. The summed E-state index contributed by atoms with van der Waals surface area (Å²) in [6.07, 6.45) is 3.73. The summed E-state index contributed by atoms with van der Waals surface area (Å²) in [6.45, 7) is 4.37. The molecule has 0 atom stereocenters. The first-order valence-corrected chi connectivity index (χ1v) is 4.16. The van der Waals surface area contributed by atoms with Crippen molar-refractivity contribution in [3.63, 3.8) is 0 Å². The fourth-order valence-electron chi connectivity index (χ4n) is 1.46. The first-order valence-electron chi connectivity index (χ1n) is 4.16. The minimum absolute atomic E-state index is 0.198. The number of benzene rings is 1. The molecule has 13 heavy (non-hydrogen) atoms. The minimum atomic E-state index is -0.198. The molecule has 0 amide bonds. The molecule has 0 saturated heterocycles. The Kier molecular flexibility index (Phi) is 1.89. The topological polar surface area (TPSA) is 4.93 Å². The Hall–Kier alpha value is -1.57. The molecule has 2 heteroatoms. The van der Waals surface area contributed by atoms with Gasteiger partial charge < -0.3 is 4.57 Å². The van der Waals surface area contributed by atoms with Crippen LogP contribution in [-0.2, 0) is 6.54 Å². The fourth-order valence-corrected chi connectivity index (χ4v) is 1.46. The molecule has 1 aromatic heterocycles. The lowest BCUT2D eigenvalue weighted by Crippen LogP contribution is -1.91. The van der Waals surface area contributed by atoms with Crippen molar-refractivity contribution < 1.29 is 4.39 Å². The summed E-state index contributed by atoms with van der Waals surface area (Å²) in [5.74, 6) is -0.198. The summed E-state index contributed by atoms with van der Waals surface area (Å²) in [6, 6.07) is 6.77. The number of halogens is 1. The van der Waals surface area contributed by atoms with E-state index in [2.05, 4.69) is 6.58 Å². The quantitative estimate of drug-likeness (QED) is 0.618. The van der Waals surface area contributed by atoms with Crippen molar-refractivity contribution >= 4 is 10.9 Å². The molecule has 0 fully saturated rings. The van der Waals surface area contributed by atoms with Crippen molar-refractivity contribution in [2.45, 2.75) is 6.54 Å². The van der Waals surface area contributed by atoms with E-state index in [1.54, 1.807) is 18.2 Å². The lowest BCUT2D eigenvalue weighted by molar-refractivity contribution is 0.628. The van der Waals surface area contributed by atoms with Crippen molar-refractivity contribution in [2.24, 2.45) is 0 Å². The minimum Gasteiger partial charge on any atom is -0.344 e. The molecule has 0 spiro atoms. The zero-order chi connectivity index (χ0) is 9.26. The maximum absolute atomic E-state index is 12.9. The van der Waals surface area contributed by atoms with E-state index < -0.39 is 0 Å². The molecule has 0 aliphatic rings. The van der Waals surface area contributed by atoms with Gasteiger partial charge in [0, 0.05) is 12.7 Å².